The third kappa shape index (κ3) is 4.11. The lowest BCUT2D eigenvalue weighted by molar-refractivity contribution is 0.0937. The average Bonchev–Trinajstić information content (AvgIpc) is 2.48. The molecule has 0 spiro atoms. The molecule has 0 saturated heterocycles. The van der Waals surface area contributed by atoms with E-state index in [1.807, 2.05) is 31.2 Å². The van der Waals surface area contributed by atoms with E-state index in [0.29, 0.717) is 0 Å². The van der Waals surface area contributed by atoms with Crippen LogP contribution >= 0.6 is 11.8 Å². The number of nitrogens with one attached hydrogen (secondary N) is 1. The van der Waals surface area contributed by atoms with Crippen molar-refractivity contribution in [1.29, 1.82) is 0 Å². The van der Waals surface area contributed by atoms with Gasteiger partial charge in [0.15, 0.2) is 0 Å². The topological polar surface area (TPSA) is 29.1 Å². The standard InChI is InChI=1S/C18H21NOS/c1-4-21-17-8-6-5-7-16(17)18(20)19-14(3)15-11-9-13(2)10-12-15/h5-12,14H,4H2,1-3H3,(H,19,20)/t14-/m0/s1. The molecule has 2 nitrogen and oxygen atoms in total. The molecule has 0 unspecified atom stereocenters. The number of rotatable bonds is 5. The van der Waals surface area contributed by atoms with E-state index in [-0.39, 0.29) is 11.9 Å². The Hall–Kier alpha value is -1.74. The molecule has 0 fully saturated rings. The van der Waals surface area contributed by atoms with Gasteiger partial charge in [0.05, 0.1) is 11.6 Å². The molecule has 21 heavy (non-hydrogen) atoms. The second-order valence-corrected chi connectivity index (χ2v) is 6.34. The first-order valence-electron chi connectivity index (χ1n) is 7.21. The van der Waals surface area contributed by atoms with Gasteiger partial charge >= 0.3 is 0 Å². The molecule has 2 rings (SSSR count). The van der Waals surface area contributed by atoms with E-state index in [2.05, 4.69) is 43.4 Å². The molecule has 1 atom stereocenters. The first kappa shape index (κ1) is 15.6. The second-order valence-electron chi connectivity index (χ2n) is 5.04. The molecule has 1 amide bonds. The van der Waals surface area contributed by atoms with E-state index >= 15 is 0 Å². The fraction of sp³-hybridized carbons (Fsp3) is 0.278. The summed E-state index contributed by atoms with van der Waals surface area (Å²) in [5.41, 5.74) is 3.10. The Kier molecular flexibility index (Phi) is 5.45. The van der Waals surface area contributed by atoms with Crippen molar-refractivity contribution in [3.63, 3.8) is 0 Å². The second kappa shape index (κ2) is 7.32. The molecule has 2 aromatic carbocycles. The quantitative estimate of drug-likeness (QED) is 0.818. The zero-order valence-electron chi connectivity index (χ0n) is 12.7. The summed E-state index contributed by atoms with van der Waals surface area (Å²) in [4.78, 5) is 13.5. The smallest absolute Gasteiger partial charge is 0.252 e. The molecular formula is C18H21NOS. The van der Waals surface area contributed by atoms with Crippen molar-refractivity contribution in [1.82, 2.24) is 5.32 Å². The number of amides is 1. The molecular weight excluding hydrogens is 278 g/mol. The molecule has 2 aromatic rings. The first-order chi connectivity index (χ1) is 10.1. The number of aryl methyl sites for hydroxylation is 1. The first-order valence-corrected chi connectivity index (χ1v) is 8.19. The van der Waals surface area contributed by atoms with Crippen molar-refractivity contribution in [2.24, 2.45) is 0 Å². The zero-order valence-corrected chi connectivity index (χ0v) is 13.5. The molecule has 0 saturated carbocycles. The Morgan fingerprint density at radius 3 is 2.48 bits per heavy atom. The summed E-state index contributed by atoms with van der Waals surface area (Å²) in [6, 6.07) is 16.0. The van der Waals surface area contributed by atoms with Gasteiger partial charge in [-0.2, -0.15) is 0 Å². The van der Waals surface area contributed by atoms with Crippen LogP contribution in [0.2, 0.25) is 0 Å². The lowest BCUT2D eigenvalue weighted by Gasteiger charge is -2.16. The van der Waals surface area contributed by atoms with Crippen molar-refractivity contribution in [3.8, 4) is 0 Å². The minimum absolute atomic E-state index is 0.00205. The third-order valence-corrected chi connectivity index (χ3v) is 4.31. The summed E-state index contributed by atoms with van der Waals surface area (Å²) in [5, 5.41) is 3.08. The molecule has 110 valence electrons. The van der Waals surface area contributed by atoms with Gasteiger partial charge in [0.1, 0.15) is 0 Å². The van der Waals surface area contributed by atoms with Crippen LogP contribution in [0.4, 0.5) is 0 Å². The SMILES string of the molecule is CCSc1ccccc1C(=O)N[C@@H](C)c1ccc(C)cc1. The van der Waals surface area contributed by atoms with E-state index in [1.165, 1.54) is 5.56 Å². The predicted molar refractivity (Wildman–Crippen MR) is 89.9 cm³/mol. The monoisotopic (exact) mass is 299 g/mol. The van der Waals surface area contributed by atoms with E-state index in [9.17, 15) is 4.79 Å². The Morgan fingerprint density at radius 2 is 1.81 bits per heavy atom. The fourth-order valence-electron chi connectivity index (χ4n) is 2.15. The van der Waals surface area contributed by atoms with Crippen LogP contribution in [0.3, 0.4) is 0 Å². The summed E-state index contributed by atoms with van der Waals surface area (Å²) < 4.78 is 0. The van der Waals surface area contributed by atoms with Crippen molar-refractivity contribution >= 4 is 17.7 Å². The zero-order chi connectivity index (χ0) is 15.2. The Labute approximate surface area is 131 Å². The average molecular weight is 299 g/mol. The fourth-order valence-corrected chi connectivity index (χ4v) is 2.95. The van der Waals surface area contributed by atoms with Crippen LogP contribution in [-0.2, 0) is 0 Å². The van der Waals surface area contributed by atoms with Crippen LogP contribution in [-0.4, -0.2) is 11.7 Å². The van der Waals surface area contributed by atoms with Gasteiger partial charge in [-0.15, -0.1) is 11.8 Å². The van der Waals surface area contributed by atoms with Crippen LogP contribution in [0.5, 0.6) is 0 Å². The van der Waals surface area contributed by atoms with E-state index in [4.69, 9.17) is 0 Å². The molecule has 0 aliphatic carbocycles. The van der Waals surface area contributed by atoms with Gasteiger partial charge in [0, 0.05) is 4.90 Å². The minimum atomic E-state index is -0.0142. The van der Waals surface area contributed by atoms with Gasteiger partial charge in [-0.1, -0.05) is 48.9 Å². The lowest BCUT2D eigenvalue weighted by atomic mass is 10.1. The molecule has 3 heteroatoms. The third-order valence-electron chi connectivity index (χ3n) is 3.36. The summed E-state index contributed by atoms with van der Waals surface area (Å²) >= 11 is 1.69. The highest BCUT2D eigenvalue weighted by molar-refractivity contribution is 7.99. The number of hydrogen-bond acceptors (Lipinski definition) is 2. The van der Waals surface area contributed by atoms with E-state index < -0.39 is 0 Å². The predicted octanol–water partition coefficient (Wildman–Crippen LogP) is 4.60. The molecule has 0 radical (unpaired) electrons. The largest absolute Gasteiger partial charge is 0.345 e. The lowest BCUT2D eigenvalue weighted by Crippen LogP contribution is -2.27. The normalized spacial score (nSPS) is 12.0. The highest BCUT2D eigenvalue weighted by atomic mass is 32.2. The van der Waals surface area contributed by atoms with Gasteiger partial charge in [-0.25, -0.2) is 0 Å². The van der Waals surface area contributed by atoms with Crippen LogP contribution in [0.15, 0.2) is 53.4 Å². The number of benzene rings is 2. The van der Waals surface area contributed by atoms with Gasteiger partial charge in [-0.05, 0) is 37.3 Å². The van der Waals surface area contributed by atoms with E-state index in [1.54, 1.807) is 11.8 Å². The number of carbonyl (C=O) groups excluding carboxylic acids is 1. The molecule has 0 aliphatic rings. The Balaban J connectivity index is 2.12. The Morgan fingerprint density at radius 1 is 1.14 bits per heavy atom. The van der Waals surface area contributed by atoms with Crippen molar-refractivity contribution in [2.75, 3.05) is 5.75 Å². The summed E-state index contributed by atoms with van der Waals surface area (Å²) in [7, 11) is 0. The summed E-state index contributed by atoms with van der Waals surface area (Å²) in [5.74, 6) is 0.942. The summed E-state index contributed by atoms with van der Waals surface area (Å²) in [6.45, 7) is 6.16. The van der Waals surface area contributed by atoms with Gasteiger partial charge in [-0.3, -0.25) is 4.79 Å². The summed E-state index contributed by atoms with van der Waals surface area (Å²) in [6.07, 6.45) is 0. The molecule has 0 aliphatic heterocycles. The molecule has 0 heterocycles. The van der Waals surface area contributed by atoms with Gasteiger partial charge in [0.25, 0.3) is 5.91 Å². The maximum Gasteiger partial charge on any atom is 0.252 e. The van der Waals surface area contributed by atoms with Crippen molar-refractivity contribution < 1.29 is 4.79 Å². The Bertz CT molecular complexity index is 607. The number of thioether (sulfide) groups is 1. The van der Waals surface area contributed by atoms with Crippen LogP contribution < -0.4 is 5.32 Å². The van der Waals surface area contributed by atoms with Gasteiger partial charge < -0.3 is 5.32 Å². The molecule has 1 N–H and O–H groups in total. The highest BCUT2D eigenvalue weighted by Crippen LogP contribution is 2.23. The molecule has 0 bridgehead atoms. The van der Waals surface area contributed by atoms with Gasteiger partial charge in [0.2, 0.25) is 0 Å². The van der Waals surface area contributed by atoms with E-state index in [0.717, 1.165) is 21.8 Å². The van der Waals surface area contributed by atoms with Crippen molar-refractivity contribution in [3.05, 3.63) is 65.2 Å². The van der Waals surface area contributed by atoms with Crippen LogP contribution in [0.1, 0.15) is 41.4 Å². The molecule has 0 aromatic heterocycles. The highest BCUT2D eigenvalue weighted by Gasteiger charge is 2.14. The minimum Gasteiger partial charge on any atom is -0.345 e. The van der Waals surface area contributed by atoms with Crippen molar-refractivity contribution in [2.45, 2.75) is 31.7 Å². The number of hydrogen-bond donors (Lipinski definition) is 1. The van der Waals surface area contributed by atoms with Crippen LogP contribution in [0.25, 0.3) is 0 Å². The maximum absolute atomic E-state index is 12.5. The maximum atomic E-state index is 12.5. The number of carbonyl (C=O) groups is 1. The van der Waals surface area contributed by atoms with Crippen LogP contribution in [0, 0.1) is 6.92 Å².